The summed E-state index contributed by atoms with van der Waals surface area (Å²) >= 11 is 0. The highest BCUT2D eigenvalue weighted by atomic mass is 16.2. The van der Waals surface area contributed by atoms with E-state index >= 15 is 0 Å². The van der Waals surface area contributed by atoms with Crippen LogP contribution in [0.25, 0.3) is 11.0 Å². The number of fused-ring (bicyclic) bond motifs is 2. The third-order valence-electron chi connectivity index (χ3n) is 4.95. The van der Waals surface area contributed by atoms with E-state index in [9.17, 15) is 4.79 Å². The number of carbonyl (C=O) groups excluding carboxylic acids is 1. The number of nitrogens with zero attached hydrogens (tertiary/aromatic N) is 7. The number of hydrogen-bond donors (Lipinski definition) is 0. The maximum atomic E-state index is 12.7. The molecule has 8 heteroatoms. The summed E-state index contributed by atoms with van der Waals surface area (Å²) in [6.07, 6.45) is 2.40. The molecule has 0 bridgehead atoms. The van der Waals surface area contributed by atoms with Crippen molar-refractivity contribution in [3.05, 3.63) is 35.9 Å². The lowest BCUT2D eigenvalue weighted by Crippen LogP contribution is -2.42. The predicted octanol–water partition coefficient (Wildman–Crippen LogP) is 1.50. The smallest absolute Gasteiger partial charge is 0.246 e. The van der Waals surface area contributed by atoms with Crippen molar-refractivity contribution >= 4 is 16.9 Å². The van der Waals surface area contributed by atoms with Crippen LogP contribution in [0.1, 0.15) is 43.4 Å². The molecule has 128 valence electrons. The van der Waals surface area contributed by atoms with E-state index in [0.717, 1.165) is 22.7 Å². The van der Waals surface area contributed by atoms with Gasteiger partial charge in [-0.15, -0.1) is 10.2 Å². The lowest BCUT2D eigenvalue weighted by atomic mass is 10.2. The van der Waals surface area contributed by atoms with Gasteiger partial charge in [0.2, 0.25) is 5.91 Å². The van der Waals surface area contributed by atoms with Crippen molar-refractivity contribution in [2.45, 2.75) is 44.8 Å². The molecule has 0 unspecified atom stereocenters. The zero-order valence-electron chi connectivity index (χ0n) is 14.0. The predicted molar refractivity (Wildman–Crippen MR) is 89.7 cm³/mol. The standard InChI is InChI=1S/C17H19N7O/c1-11-8-22(9-15-18-19-17(24(11)15)12-6-7-12)16(25)10-23-20-13-4-2-3-5-14(13)21-23/h2-5,11-12H,6-10H2,1H3/t11-/m0/s1. The van der Waals surface area contributed by atoms with Crippen LogP contribution in [0.15, 0.2) is 24.3 Å². The van der Waals surface area contributed by atoms with Gasteiger partial charge < -0.3 is 9.47 Å². The summed E-state index contributed by atoms with van der Waals surface area (Å²) in [5.74, 6) is 2.54. The molecule has 3 aromatic rings. The zero-order valence-corrected chi connectivity index (χ0v) is 14.0. The van der Waals surface area contributed by atoms with E-state index in [2.05, 4.69) is 31.9 Å². The molecule has 0 radical (unpaired) electrons. The molecule has 2 aliphatic rings. The second-order valence-corrected chi connectivity index (χ2v) is 6.96. The molecule has 0 saturated heterocycles. The normalized spacial score (nSPS) is 20.0. The van der Waals surface area contributed by atoms with Gasteiger partial charge in [-0.25, -0.2) is 0 Å². The average Bonchev–Trinajstić information content (AvgIpc) is 3.22. The van der Waals surface area contributed by atoms with E-state index in [0.29, 0.717) is 19.0 Å². The van der Waals surface area contributed by atoms with Crippen molar-refractivity contribution in [1.82, 2.24) is 34.7 Å². The lowest BCUT2D eigenvalue weighted by molar-refractivity contribution is -0.134. The largest absolute Gasteiger partial charge is 0.331 e. The van der Waals surface area contributed by atoms with E-state index in [-0.39, 0.29) is 18.5 Å². The first-order valence-corrected chi connectivity index (χ1v) is 8.70. The third-order valence-corrected chi connectivity index (χ3v) is 4.95. The van der Waals surface area contributed by atoms with Gasteiger partial charge >= 0.3 is 0 Å². The highest BCUT2D eigenvalue weighted by Crippen LogP contribution is 2.40. The number of aromatic nitrogens is 6. The van der Waals surface area contributed by atoms with E-state index in [1.807, 2.05) is 29.2 Å². The molecule has 0 N–H and O–H groups in total. The van der Waals surface area contributed by atoms with Crippen molar-refractivity contribution in [1.29, 1.82) is 0 Å². The van der Waals surface area contributed by atoms with E-state index in [1.54, 1.807) is 0 Å². The molecular weight excluding hydrogens is 318 g/mol. The van der Waals surface area contributed by atoms with Gasteiger partial charge in [0.25, 0.3) is 0 Å². The van der Waals surface area contributed by atoms with Crippen LogP contribution >= 0.6 is 0 Å². The van der Waals surface area contributed by atoms with Crippen molar-refractivity contribution in [2.75, 3.05) is 6.54 Å². The Labute approximate surface area is 144 Å². The number of hydrogen-bond acceptors (Lipinski definition) is 5. The number of carbonyl (C=O) groups is 1. The summed E-state index contributed by atoms with van der Waals surface area (Å²) in [7, 11) is 0. The quantitative estimate of drug-likeness (QED) is 0.723. The van der Waals surface area contributed by atoms with Crippen molar-refractivity contribution in [2.24, 2.45) is 0 Å². The molecule has 1 aromatic carbocycles. The van der Waals surface area contributed by atoms with Crippen molar-refractivity contribution in [3.63, 3.8) is 0 Å². The number of rotatable bonds is 3. The monoisotopic (exact) mass is 337 g/mol. The van der Waals surface area contributed by atoms with Gasteiger partial charge in [0, 0.05) is 12.5 Å². The first kappa shape index (κ1) is 14.6. The summed E-state index contributed by atoms with van der Waals surface area (Å²) in [4.78, 5) is 16.0. The summed E-state index contributed by atoms with van der Waals surface area (Å²) < 4.78 is 2.22. The number of benzene rings is 1. The molecule has 5 rings (SSSR count). The molecule has 0 spiro atoms. The molecule has 3 heterocycles. The summed E-state index contributed by atoms with van der Waals surface area (Å²) in [5.41, 5.74) is 1.60. The zero-order chi connectivity index (χ0) is 17.0. The Hall–Kier alpha value is -2.77. The van der Waals surface area contributed by atoms with E-state index in [1.165, 1.54) is 17.6 Å². The lowest BCUT2D eigenvalue weighted by Gasteiger charge is -2.32. The highest BCUT2D eigenvalue weighted by Gasteiger charge is 2.35. The Kier molecular flexibility index (Phi) is 3.13. The molecule has 8 nitrogen and oxygen atoms in total. The Morgan fingerprint density at radius 2 is 1.88 bits per heavy atom. The second-order valence-electron chi connectivity index (χ2n) is 6.96. The topological polar surface area (TPSA) is 81.7 Å². The molecule has 1 amide bonds. The fraction of sp³-hybridized carbons (Fsp3) is 0.471. The Morgan fingerprint density at radius 1 is 1.16 bits per heavy atom. The van der Waals surface area contributed by atoms with Crippen molar-refractivity contribution in [3.8, 4) is 0 Å². The minimum Gasteiger partial charge on any atom is -0.331 e. The molecule has 1 aliphatic heterocycles. The minimum atomic E-state index is 0.00868. The fourth-order valence-electron chi connectivity index (χ4n) is 3.57. The van der Waals surface area contributed by atoms with E-state index in [4.69, 9.17) is 0 Å². The highest BCUT2D eigenvalue weighted by molar-refractivity contribution is 5.77. The molecule has 2 aromatic heterocycles. The first-order chi connectivity index (χ1) is 12.2. The maximum Gasteiger partial charge on any atom is 0.246 e. The van der Waals surface area contributed by atoms with E-state index < -0.39 is 0 Å². The molecule has 25 heavy (non-hydrogen) atoms. The Morgan fingerprint density at radius 3 is 2.56 bits per heavy atom. The minimum absolute atomic E-state index is 0.00868. The van der Waals surface area contributed by atoms with Gasteiger partial charge in [0.1, 0.15) is 23.4 Å². The van der Waals surface area contributed by atoms with Gasteiger partial charge in [-0.05, 0) is 31.9 Å². The molecule has 1 atom stereocenters. The average molecular weight is 337 g/mol. The van der Waals surface area contributed by atoms with Gasteiger partial charge in [0.05, 0.1) is 12.6 Å². The van der Waals surface area contributed by atoms with Crippen LogP contribution in [0.4, 0.5) is 0 Å². The molecule has 1 saturated carbocycles. The van der Waals surface area contributed by atoms with Gasteiger partial charge in [-0.3, -0.25) is 4.79 Å². The second kappa shape index (κ2) is 5.37. The van der Waals surface area contributed by atoms with Crippen LogP contribution in [0, 0.1) is 0 Å². The SMILES string of the molecule is C[C@H]1CN(C(=O)Cn2nc3ccccc3n2)Cc2nnc(C3CC3)n21. The van der Waals surface area contributed by atoms with Crippen molar-refractivity contribution < 1.29 is 4.79 Å². The summed E-state index contributed by atoms with van der Waals surface area (Å²) in [6, 6.07) is 7.82. The first-order valence-electron chi connectivity index (χ1n) is 8.70. The summed E-state index contributed by atoms with van der Waals surface area (Å²) in [6.45, 7) is 3.44. The molecular formula is C17H19N7O. The van der Waals surface area contributed by atoms with Crippen LogP contribution in [0.3, 0.4) is 0 Å². The van der Waals surface area contributed by atoms with Gasteiger partial charge in [-0.1, -0.05) is 12.1 Å². The van der Waals surface area contributed by atoms with Crippen LogP contribution < -0.4 is 0 Å². The summed E-state index contributed by atoms with van der Waals surface area (Å²) in [5, 5.41) is 17.4. The van der Waals surface area contributed by atoms with Gasteiger partial charge in [-0.2, -0.15) is 15.0 Å². The number of amides is 1. The van der Waals surface area contributed by atoms with Crippen LogP contribution in [-0.4, -0.2) is 47.1 Å². The maximum absolute atomic E-state index is 12.7. The van der Waals surface area contributed by atoms with Crippen LogP contribution in [0.2, 0.25) is 0 Å². The van der Waals surface area contributed by atoms with Gasteiger partial charge in [0.15, 0.2) is 5.82 Å². The van der Waals surface area contributed by atoms with Crippen LogP contribution in [-0.2, 0) is 17.9 Å². The molecule has 1 fully saturated rings. The molecule has 1 aliphatic carbocycles. The Bertz CT molecular complexity index is 922. The third kappa shape index (κ3) is 2.48. The van der Waals surface area contributed by atoms with Crippen LogP contribution in [0.5, 0.6) is 0 Å². The Balaban J connectivity index is 1.35. The fourth-order valence-corrected chi connectivity index (χ4v) is 3.57.